The zero-order valence-corrected chi connectivity index (χ0v) is 8.06. The predicted molar refractivity (Wildman–Crippen MR) is 47.0 cm³/mol. The van der Waals surface area contributed by atoms with Crippen molar-refractivity contribution >= 4 is 45.2 Å². The predicted octanol–water partition coefficient (Wildman–Crippen LogP) is 2.64. The van der Waals surface area contributed by atoms with Gasteiger partial charge in [-0.25, -0.2) is 0 Å². The van der Waals surface area contributed by atoms with Gasteiger partial charge in [-0.1, -0.05) is 52.1 Å². The number of halogens is 2. The second kappa shape index (κ2) is 4.61. The monoisotopic (exact) mass is 310 g/mol. The first-order valence-electron chi connectivity index (χ1n) is 1.97. The molecule has 6 heavy (non-hydrogen) atoms. The second-order valence-electron chi connectivity index (χ2n) is 1.26. The maximum absolute atomic E-state index is 2.44. The lowest BCUT2D eigenvalue weighted by atomic mass is 10.4. The first-order chi connectivity index (χ1) is 2.77. The molecule has 0 radical (unpaired) electrons. The van der Waals surface area contributed by atoms with Gasteiger partial charge in [0.15, 0.2) is 0 Å². The highest BCUT2D eigenvalue weighted by Gasteiger charge is 1.88. The van der Waals surface area contributed by atoms with Crippen molar-refractivity contribution in [3.8, 4) is 0 Å². The van der Waals surface area contributed by atoms with Gasteiger partial charge in [-0.05, 0) is 6.42 Å². The van der Waals surface area contributed by atoms with Crippen LogP contribution in [-0.4, -0.2) is 8.35 Å². The van der Waals surface area contributed by atoms with Gasteiger partial charge in [-0.2, -0.15) is 0 Å². The molecule has 0 fully saturated rings. The summed E-state index contributed by atoms with van der Waals surface area (Å²) in [6, 6.07) is 0. The quantitative estimate of drug-likeness (QED) is 0.543. The number of hydrogen-bond acceptors (Lipinski definition) is 0. The number of hydrogen-bond donors (Lipinski definition) is 0. The molecular formula is C4H8I2. The van der Waals surface area contributed by atoms with Crippen molar-refractivity contribution in [1.29, 1.82) is 0 Å². The van der Waals surface area contributed by atoms with Crippen molar-refractivity contribution in [2.45, 2.75) is 17.3 Å². The molecule has 0 nitrogen and oxygen atoms in total. The molecule has 2 heteroatoms. The molecule has 0 spiro atoms. The second-order valence-corrected chi connectivity index (χ2v) is 4.46. The van der Waals surface area contributed by atoms with E-state index in [1.165, 1.54) is 10.8 Å². The molecular weight excluding hydrogens is 302 g/mol. The summed E-state index contributed by atoms with van der Waals surface area (Å²) in [5.74, 6) is 0. The van der Waals surface area contributed by atoms with Gasteiger partial charge in [0.05, 0.1) is 0 Å². The van der Waals surface area contributed by atoms with Gasteiger partial charge in [0.25, 0.3) is 0 Å². The number of alkyl halides is 2. The molecule has 0 aromatic rings. The van der Waals surface area contributed by atoms with Gasteiger partial charge in [0.2, 0.25) is 0 Å². The van der Waals surface area contributed by atoms with Crippen LogP contribution < -0.4 is 0 Å². The van der Waals surface area contributed by atoms with Crippen LogP contribution >= 0.6 is 45.2 Å². The van der Waals surface area contributed by atoms with E-state index in [4.69, 9.17) is 0 Å². The third-order valence-corrected chi connectivity index (χ3v) is 1.75. The average Bonchev–Trinajstić information content (AvgIpc) is 1.35. The van der Waals surface area contributed by atoms with Crippen LogP contribution in [0.4, 0.5) is 0 Å². The Balaban J connectivity index is 2.63. The van der Waals surface area contributed by atoms with E-state index < -0.39 is 0 Å². The van der Waals surface area contributed by atoms with E-state index in [-0.39, 0.29) is 0 Å². The Kier molecular flexibility index (Phi) is 5.74. The number of rotatable bonds is 2. The molecule has 0 unspecified atom stereocenters. The summed E-state index contributed by atoms with van der Waals surface area (Å²) in [4.78, 5) is 0. The molecule has 0 aromatic heterocycles. The fourth-order valence-corrected chi connectivity index (χ4v) is 2.59. The van der Waals surface area contributed by atoms with Crippen molar-refractivity contribution in [3.63, 3.8) is 0 Å². The zero-order valence-electron chi connectivity index (χ0n) is 3.75. The van der Waals surface area contributed by atoms with Gasteiger partial charge >= 0.3 is 0 Å². The fraction of sp³-hybridized carbons (Fsp3) is 1.00. The van der Waals surface area contributed by atoms with Crippen LogP contribution in [0.1, 0.15) is 13.3 Å². The summed E-state index contributed by atoms with van der Waals surface area (Å²) in [5, 5.41) is 0. The van der Waals surface area contributed by atoms with Crippen molar-refractivity contribution in [1.82, 2.24) is 0 Å². The van der Waals surface area contributed by atoms with E-state index in [1.54, 1.807) is 0 Å². The lowest BCUT2D eigenvalue weighted by molar-refractivity contribution is 0.962. The van der Waals surface area contributed by atoms with E-state index >= 15 is 0 Å². The minimum Gasteiger partial charge on any atom is -0.0863 e. The van der Waals surface area contributed by atoms with E-state index in [1.807, 2.05) is 0 Å². The molecule has 0 bridgehead atoms. The van der Waals surface area contributed by atoms with Crippen LogP contribution in [0.5, 0.6) is 0 Å². The van der Waals surface area contributed by atoms with Crippen LogP contribution in [0, 0.1) is 0 Å². The Morgan fingerprint density at radius 3 is 2.17 bits per heavy atom. The largest absolute Gasteiger partial charge is 0.0863 e. The van der Waals surface area contributed by atoms with Gasteiger partial charge in [-0.3, -0.25) is 0 Å². The van der Waals surface area contributed by atoms with Crippen molar-refractivity contribution in [3.05, 3.63) is 0 Å². The highest BCUT2D eigenvalue weighted by atomic mass is 127. The Hall–Kier alpha value is 1.46. The molecule has 0 heterocycles. The molecule has 0 aromatic carbocycles. The summed E-state index contributed by atoms with van der Waals surface area (Å²) in [7, 11) is 0. The smallest absolute Gasteiger partial charge is 0.00886 e. The van der Waals surface area contributed by atoms with Crippen LogP contribution in [0.2, 0.25) is 0 Å². The summed E-state index contributed by atoms with van der Waals surface area (Å²) < 4.78 is 2.15. The van der Waals surface area contributed by atoms with Crippen LogP contribution in [0.15, 0.2) is 0 Å². The van der Waals surface area contributed by atoms with Crippen molar-refractivity contribution < 1.29 is 0 Å². The first kappa shape index (κ1) is 7.46. The zero-order chi connectivity index (χ0) is 4.99. The molecule has 1 atom stereocenters. The lowest BCUT2D eigenvalue weighted by Gasteiger charge is -1.92. The molecule has 0 saturated heterocycles. The van der Waals surface area contributed by atoms with Gasteiger partial charge in [-0.15, -0.1) is 0 Å². The third-order valence-electron chi connectivity index (χ3n) is 0.507. The molecule has 0 aliphatic carbocycles. The lowest BCUT2D eigenvalue weighted by Crippen LogP contribution is -1.87. The topological polar surface area (TPSA) is 0 Å². The highest BCUT2D eigenvalue weighted by Crippen LogP contribution is 2.04. The summed E-state index contributed by atoms with van der Waals surface area (Å²) in [5.41, 5.74) is 0. The third kappa shape index (κ3) is 5.46. The maximum Gasteiger partial charge on any atom is 0.00886 e. The maximum atomic E-state index is 2.44. The molecule has 38 valence electrons. The standard InChI is InChI=1S/C4H8I2/c1-4(6)2-3-5/h4H,2-3H2,1H3/t4-/m0/s1. The Morgan fingerprint density at radius 1 is 1.67 bits per heavy atom. The molecule has 0 aliphatic heterocycles. The molecule has 0 N–H and O–H groups in total. The van der Waals surface area contributed by atoms with E-state index in [0.29, 0.717) is 0 Å². The molecule has 0 saturated carbocycles. The Morgan fingerprint density at radius 2 is 2.17 bits per heavy atom. The normalized spacial score (nSPS) is 14.5. The Labute approximate surface area is 66.4 Å². The van der Waals surface area contributed by atoms with E-state index in [0.717, 1.165) is 3.92 Å². The van der Waals surface area contributed by atoms with E-state index in [9.17, 15) is 0 Å². The minimum absolute atomic E-state index is 0.861. The molecule has 0 amide bonds. The van der Waals surface area contributed by atoms with E-state index in [2.05, 4.69) is 52.1 Å². The highest BCUT2D eigenvalue weighted by molar-refractivity contribution is 14.1. The Bertz CT molecular complexity index is 26.7. The minimum atomic E-state index is 0.861. The van der Waals surface area contributed by atoms with Gasteiger partial charge in [0.1, 0.15) is 0 Å². The molecule has 0 rings (SSSR count). The van der Waals surface area contributed by atoms with Gasteiger partial charge < -0.3 is 0 Å². The van der Waals surface area contributed by atoms with Crippen molar-refractivity contribution in [2.75, 3.05) is 4.43 Å². The SMILES string of the molecule is C[C@H](I)CCI. The molecule has 0 aliphatic rings. The van der Waals surface area contributed by atoms with Crippen LogP contribution in [0.25, 0.3) is 0 Å². The summed E-state index contributed by atoms with van der Waals surface area (Å²) >= 11 is 4.84. The van der Waals surface area contributed by atoms with Crippen LogP contribution in [0.3, 0.4) is 0 Å². The van der Waals surface area contributed by atoms with Gasteiger partial charge in [0, 0.05) is 8.35 Å². The van der Waals surface area contributed by atoms with Crippen LogP contribution in [-0.2, 0) is 0 Å². The average molecular weight is 310 g/mol. The summed E-state index contributed by atoms with van der Waals surface area (Å²) in [6.45, 7) is 2.24. The first-order valence-corrected chi connectivity index (χ1v) is 4.74. The summed E-state index contributed by atoms with van der Waals surface area (Å²) in [6.07, 6.45) is 1.35. The fourth-order valence-electron chi connectivity index (χ4n) is 0.150. The van der Waals surface area contributed by atoms with Crippen molar-refractivity contribution in [2.24, 2.45) is 0 Å².